The SMILES string of the molecule is NC(=NCC1CCC1)N1CCN(c2ccccc2F)CC1. The van der Waals surface area contributed by atoms with E-state index in [4.69, 9.17) is 5.73 Å². The zero-order valence-corrected chi connectivity index (χ0v) is 12.3. The molecule has 1 saturated heterocycles. The maximum atomic E-state index is 13.8. The van der Waals surface area contributed by atoms with Gasteiger partial charge in [-0.2, -0.15) is 0 Å². The Kier molecular flexibility index (Phi) is 4.27. The summed E-state index contributed by atoms with van der Waals surface area (Å²) in [5, 5.41) is 0. The van der Waals surface area contributed by atoms with Gasteiger partial charge in [0.15, 0.2) is 5.96 Å². The van der Waals surface area contributed by atoms with Crippen molar-refractivity contribution in [1.29, 1.82) is 0 Å². The zero-order chi connectivity index (χ0) is 14.7. The second-order valence-electron chi connectivity index (χ2n) is 5.92. The lowest BCUT2D eigenvalue weighted by Gasteiger charge is -2.37. The van der Waals surface area contributed by atoms with Crippen molar-refractivity contribution in [3.63, 3.8) is 0 Å². The van der Waals surface area contributed by atoms with E-state index in [1.807, 2.05) is 12.1 Å². The van der Waals surface area contributed by atoms with Crippen LogP contribution in [0, 0.1) is 11.7 Å². The summed E-state index contributed by atoms with van der Waals surface area (Å²) in [4.78, 5) is 8.69. The molecule has 0 radical (unpaired) electrons. The highest BCUT2D eigenvalue weighted by atomic mass is 19.1. The summed E-state index contributed by atoms with van der Waals surface area (Å²) in [6, 6.07) is 6.94. The lowest BCUT2D eigenvalue weighted by atomic mass is 9.86. The van der Waals surface area contributed by atoms with Crippen LogP contribution in [0.5, 0.6) is 0 Å². The van der Waals surface area contributed by atoms with E-state index in [2.05, 4.69) is 14.8 Å². The fourth-order valence-corrected chi connectivity index (χ4v) is 2.88. The maximum absolute atomic E-state index is 13.8. The molecule has 1 heterocycles. The molecular formula is C16H23FN4. The molecule has 0 amide bonds. The Labute approximate surface area is 125 Å². The summed E-state index contributed by atoms with van der Waals surface area (Å²) in [5.41, 5.74) is 6.76. The van der Waals surface area contributed by atoms with E-state index in [9.17, 15) is 4.39 Å². The van der Waals surface area contributed by atoms with Crippen molar-refractivity contribution in [3.05, 3.63) is 30.1 Å². The summed E-state index contributed by atoms with van der Waals surface area (Å²) in [6.45, 7) is 4.02. The first kappa shape index (κ1) is 14.2. The first-order valence-electron chi connectivity index (χ1n) is 7.78. The lowest BCUT2D eigenvalue weighted by molar-refractivity contribution is 0.322. The van der Waals surface area contributed by atoms with Crippen LogP contribution >= 0.6 is 0 Å². The van der Waals surface area contributed by atoms with E-state index in [0.29, 0.717) is 11.6 Å². The van der Waals surface area contributed by atoms with Crippen LogP contribution in [0.1, 0.15) is 19.3 Å². The molecule has 0 spiro atoms. The molecular weight excluding hydrogens is 267 g/mol. The molecule has 3 rings (SSSR count). The molecule has 0 bridgehead atoms. The molecule has 5 heteroatoms. The minimum atomic E-state index is -0.155. The second kappa shape index (κ2) is 6.33. The number of aliphatic imine (C=N–C) groups is 1. The van der Waals surface area contributed by atoms with Crippen molar-refractivity contribution >= 4 is 11.6 Å². The highest BCUT2D eigenvalue weighted by Gasteiger charge is 2.21. The summed E-state index contributed by atoms with van der Waals surface area (Å²) < 4.78 is 13.8. The van der Waals surface area contributed by atoms with Gasteiger partial charge >= 0.3 is 0 Å². The number of hydrogen-bond donors (Lipinski definition) is 1. The van der Waals surface area contributed by atoms with Gasteiger partial charge in [-0.05, 0) is 30.9 Å². The molecule has 4 nitrogen and oxygen atoms in total. The Morgan fingerprint density at radius 1 is 1.19 bits per heavy atom. The van der Waals surface area contributed by atoms with Gasteiger partial charge in [0.1, 0.15) is 5.82 Å². The third-order valence-corrected chi connectivity index (χ3v) is 4.53. The fourth-order valence-electron chi connectivity index (χ4n) is 2.88. The molecule has 114 valence electrons. The van der Waals surface area contributed by atoms with Crippen LogP contribution in [0.15, 0.2) is 29.3 Å². The van der Waals surface area contributed by atoms with Crippen molar-refractivity contribution in [2.45, 2.75) is 19.3 Å². The number of nitrogens with two attached hydrogens (primary N) is 1. The summed E-state index contributed by atoms with van der Waals surface area (Å²) >= 11 is 0. The summed E-state index contributed by atoms with van der Waals surface area (Å²) in [6.07, 6.45) is 3.91. The molecule has 1 aromatic rings. The third-order valence-electron chi connectivity index (χ3n) is 4.53. The predicted octanol–water partition coefficient (Wildman–Crippen LogP) is 2.06. The van der Waals surface area contributed by atoms with Gasteiger partial charge in [-0.3, -0.25) is 4.99 Å². The van der Waals surface area contributed by atoms with Crippen molar-refractivity contribution in [1.82, 2.24) is 4.90 Å². The molecule has 1 saturated carbocycles. The van der Waals surface area contributed by atoms with Gasteiger partial charge in [0.05, 0.1) is 5.69 Å². The number of benzene rings is 1. The summed E-state index contributed by atoms with van der Waals surface area (Å²) in [5.74, 6) is 1.23. The second-order valence-corrected chi connectivity index (χ2v) is 5.92. The van der Waals surface area contributed by atoms with Gasteiger partial charge in [-0.15, -0.1) is 0 Å². The monoisotopic (exact) mass is 290 g/mol. The number of anilines is 1. The standard InChI is InChI=1S/C16H23FN4/c17-14-6-1-2-7-15(14)20-8-10-21(11-9-20)16(18)19-12-13-4-3-5-13/h1-2,6-7,13H,3-5,8-12H2,(H2,18,19). The molecule has 2 N–H and O–H groups in total. The van der Waals surface area contributed by atoms with Crippen LogP contribution < -0.4 is 10.6 Å². The van der Waals surface area contributed by atoms with Crippen LogP contribution in [0.2, 0.25) is 0 Å². The Hall–Kier alpha value is -1.78. The number of rotatable bonds is 3. The first-order chi connectivity index (χ1) is 10.2. The molecule has 1 aliphatic heterocycles. The van der Waals surface area contributed by atoms with E-state index in [1.54, 1.807) is 6.07 Å². The molecule has 1 aromatic carbocycles. The average molecular weight is 290 g/mol. The smallest absolute Gasteiger partial charge is 0.191 e. The largest absolute Gasteiger partial charge is 0.370 e. The number of halogens is 1. The minimum absolute atomic E-state index is 0.155. The van der Waals surface area contributed by atoms with Crippen LogP contribution in [-0.4, -0.2) is 43.6 Å². The summed E-state index contributed by atoms with van der Waals surface area (Å²) in [7, 11) is 0. The van der Waals surface area contributed by atoms with Gasteiger partial charge in [-0.25, -0.2) is 4.39 Å². The predicted molar refractivity (Wildman–Crippen MR) is 84.0 cm³/mol. The van der Waals surface area contributed by atoms with Crippen molar-refractivity contribution in [2.75, 3.05) is 37.6 Å². The Balaban J connectivity index is 1.53. The van der Waals surface area contributed by atoms with Crippen molar-refractivity contribution < 1.29 is 4.39 Å². The lowest BCUT2D eigenvalue weighted by Crippen LogP contribution is -2.51. The molecule has 1 aliphatic carbocycles. The van der Waals surface area contributed by atoms with Crippen LogP contribution in [0.25, 0.3) is 0 Å². The number of nitrogens with zero attached hydrogens (tertiary/aromatic N) is 3. The van der Waals surface area contributed by atoms with E-state index in [0.717, 1.165) is 38.6 Å². The van der Waals surface area contributed by atoms with Gasteiger partial charge < -0.3 is 15.5 Å². The number of hydrogen-bond acceptors (Lipinski definition) is 2. The van der Waals surface area contributed by atoms with E-state index in [-0.39, 0.29) is 5.82 Å². The molecule has 2 aliphatic rings. The fraction of sp³-hybridized carbons (Fsp3) is 0.562. The quantitative estimate of drug-likeness (QED) is 0.684. The average Bonchev–Trinajstić information content (AvgIpc) is 2.46. The highest BCUT2D eigenvalue weighted by Crippen LogP contribution is 2.26. The van der Waals surface area contributed by atoms with Crippen molar-refractivity contribution in [3.8, 4) is 0 Å². The Morgan fingerprint density at radius 2 is 1.90 bits per heavy atom. The van der Waals surface area contributed by atoms with Crippen LogP contribution in [0.4, 0.5) is 10.1 Å². The molecule has 21 heavy (non-hydrogen) atoms. The molecule has 2 fully saturated rings. The molecule has 0 aromatic heterocycles. The zero-order valence-electron chi connectivity index (χ0n) is 12.3. The highest BCUT2D eigenvalue weighted by molar-refractivity contribution is 5.78. The topological polar surface area (TPSA) is 44.9 Å². The third kappa shape index (κ3) is 3.28. The van der Waals surface area contributed by atoms with Crippen LogP contribution in [0.3, 0.4) is 0 Å². The van der Waals surface area contributed by atoms with Gasteiger partial charge in [0, 0.05) is 32.7 Å². The minimum Gasteiger partial charge on any atom is -0.370 e. The van der Waals surface area contributed by atoms with E-state index in [1.165, 1.54) is 25.3 Å². The van der Waals surface area contributed by atoms with E-state index < -0.39 is 0 Å². The van der Waals surface area contributed by atoms with E-state index >= 15 is 0 Å². The van der Waals surface area contributed by atoms with Gasteiger partial charge in [0.2, 0.25) is 0 Å². The van der Waals surface area contributed by atoms with Gasteiger partial charge in [0.25, 0.3) is 0 Å². The molecule has 0 atom stereocenters. The Bertz CT molecular complexity index is 505. The van der Waals surface area contributed by atoms with Crippen molar-refractivity contribution in [2.24, 2.45) is 16.6 Å². The number of para-hydroxylation sites is 1. The maximum Gasteiger partial charge on any atom is 0.191 e. The number of piperazine rings is 1. The van der Waals surface area contributed by atoms with Crippen LogP contribution in [-0.2, 0) is 0 Å². The first-order valence-corrected chi connectivity index (χ1v) is 7.78. The Morgan fingerprint density at radius 3 is 2.52 bits per heavy atom. The normalized spacial score (nSPS) is 20.5. The van der Waals surface area contributed by atoms with Gasteiger partial charge in [-0.1, -0.05) is 18.6 Å². The number of guanidine groups is 1. The molecule has 0 unspecified atom stereocenters.